The summed E-state index contributed by atoms with van der Waals surface area (Å²) in [4.78, 5) is 50.4. The van der Waals surface area contributed by atoms with Crippen molar-refractivity contribution in [2.75, 3.05) is 13.7 Å². The molecule has 5 rings (SSSR count). The molecule has 238 valence electrons. The molecule has 2 aromatic rings. The van der Waals surface area contributed by atoms with Gasteiger partial charge < -0.3 is 33.3 Å². The first-order valence-corrected chi connectivity index (χ1v) is 14.7. The Hall–Kier alpha value is -3.93. The van der Waals surface area contributed by atoms with E-state index in [1.165, 1.54) is 46.3 Å². The molecule has 12 heteroatoms. The van der Waals surface area contributed by atoms with E-state index in [-0.39, 0.29) is 29.6 Å². The highest BCUT2D eigenvalue weighted by Gasteiger charge is 2.71. The van der Waals surface area contributed by atoms with Gasteiger partial charge in [-0.1, -0.05) is 13.8 Å². The van der Waals surface area contributed by atoms with Crippen molar-refractivity contribution in [2.45, 2.75) is 84.7 Å². The van der Waals surface area contributed by atoms with Crippen molar-refractivity contribution >= 4 is 17.9 Å². The quantitative estimate of drug-likeness (QED) is 0.203. The largest absolute Gasteiger partial charge is 0.619 e. The first-order chi connectivity index (χ1) is 20.6. The molecule has 3 aliphatic rings. The van der Waals surface area contributed by atoms with Crippen LogP contribution in [0.4, 0.5) is 0 Å². The van der Waals surface area contributed by atoms with E-state index < -0.39 is 64.2 Å². The van der Waals surface area contributed by atoms with Crippen molar-refractivity contribution in [1.29, 1.82) is 0 Å². The van der Waals surface area contributed by atoms with Crippen LogP contribution in [0.25, 0.3) is 11.3 Å². The predicted molar refractivity (Wildman–Crippen MR) is 153 cm³/mol. The summed E-state index contributed by atoms with van der Waals surface area (Å²) in [5, 5.41) is 11.9. The average Bonchev–Trinajstić information content (AvgIpc) is 2.93. The molecule has 44 heavy (non-hydrogen) atoms. The van der Waals surface area contributed by atoms with Gasteiger partial charge in [0.2, 0.25) is 0 Å². The third kappa shape index (κ3) is 5.12. The SMILES string of the molecule is CO[C@H]1c2c(cc(-c3ccc[n+]([O-])c3)oc2=O)O[C@]2(C)[C@@H](OC(C)=O)C[C@H]3[C@](C)(COC(C)=O)[C@@H](OC(C)=O)CC[C@]3(C)[C@@H]12. The molecule has 0 bridgehead atoms. The molecule has 1 aliphatic heterocycles. The van der Waals surface area contributed by atoms with E-state index in [1.54, 1.807) is 12.1 Å². The lowest BCUT2D eigenvalue weighted by atomic mass is 9.42. The second kappa shape index (κ2) is 11.2. The fraction of sp³-hybridized carbons (Fsp3) is 0.594. The Labute approximate surface area is 255 Å². The molecule has 8 atom stereocenters. The summed E-state index contributed by atoms with van der Waals surface area (Å²) in [6.45, 7) is 9.79. The third-order valence-corrected chi connectivity index (χ3v) is 10.1. The van der Waals surface area contributed by atoms with Gasteiger partial charge in [0, 0.05) is 51.3 Å². The fourth-order valence-electron chi connectivity index (χ4n) is 8.35. The summed E-state index contributed by atoms with van der Waals surface area (Å²) in [6, 6.07) is 4.73. The van der Waals surface area contributed by atoms with Crippen molar-refractivity contribution in [2.24, 2.45) is 22.7 Å². The summed E-state index contributed by atoms with van der Waals surface area (Å²) in [5.41, 5.74) is -2.83. The average molecular weight is 614 g/mol. The first kappa shape index (κ1) is 31.5. The minimum atomic E-state index is -1.18. The first-order valence-electron chi connectivity index (χ1n) is 14.7. The Morgan fingerprint density at radius 2 is 1.75 bits per heavy atom. The van der Waals surface area contributed by atoms with E-state index in [9.17, 15) is 24.4 Å². The Morgan fingerprint density at radius 3 is 2.36 bits per heavy atom. The predicted octanol–water partition coefficient (Wildman–Crippen LogP) is 3.65. The summed E-state index contributed by atoms with van der Waals surface area (Å²) in [7, 11) is 1.50. The Morgan fingerprint density at radius 1 is 1.07 bits per heavy atom. The third-order valence-electron chi connectivity index (χ3n) is 10.1. The highest BCUT2D eigenvalue weighted by atomic mass is 16.6. The normalized spacial score (nSPS) is 33.9. The van der Waals surface area contributed by atoms with Gasteiger partial charge in [-0.15, -0.1) is 0 Å². The molecule has 2 saturated carbocycles. The van der Waals surface area contributed by atoms with Crippen molar-refractivity contribution in [3.8, 4) is 17.1 Å². The molecule has 2 aliphatic carbocycles. The molecule has 2 aromatic heterocycles. The summed E-state index contributed by atoms with van der Waals surface area (Å²) in [6.07, 6.45) is 1.65. The van der Waals surface area contributed by atoms with E-state index in [0.29, 0.717) is 29.6 Å². The van der Waals surface area contributed by atoms with Crippen LogP contribution in [0.15, 0.2) is 39.8 Å². The summed E-state index contributed by atoms with van der Waals surface area (Å²) < 4.78 is 36.5. The molecule has 3 heterocycles. The van der Waals surface area contributed by atoms with Crippen LogP contribution in [-0.4, -0.2) is 49.4 Å². The zero-order chi connectivity index (χ0) is 32.2. The number of ether oxygens (including phenoxy) is 5. The minimum absolute atomic E-state index is 0.0336. The smallest absolute Gasteiger partial charge is 0.345 e. The number of methoxy groups -OCH3 is 1. The van der Waals surface area contributed by atoms with Crippen molar-refractivity contribution < 1.29 is 47.2 Å². The van der Waals surface area contributed by atoms with Crippen LogP contribution in [0.5, 0.6) is 5.75 Å². The monoisotopic (exact) mass is 613 g/mol. The number of carbonyl (C=O) groups is 3. The number of rotatable bonds is 6. The van der Waals surface area contributed by atoms with Crippen LogP contribution in [-0.2, 0) is 33.3 Å². The van der Waals surface area contributed by atoms with Crippen molar-refractivity contribution in [3.05, 3.63) is 51.8 Å². The molecule has 0 N–H and O–H groups in total. The molecule has 12 nitrogen and oxygen atoms in total. The topological polar surface area (TPSA) is 155 Å². The molecular weight excluding hydrogens is 574 g/mol. The maximum absolute atomic E-state index is 13.7. The van der Waals surface area contributed by atoms with Gasteiger partial charge in [-0.3, -0.25) is 14.4 Å². The standard InChI is InChI=1S/C32H39NO11/c1-17(34)40-16-31(5)23-14-25(42-19(3)36)32(6)28(30(23,4)11-10-24(31)41-18(2)35)27(39-7)26-22(44-32)13-21(43-29(26)37)20-9-8-12-33(38)15-20/h8-9,12-13,15,23-25,27-28H,10-11,14,16H2,1-7H3/t23-,24+,25+,27+,28-,30+,31+,32-/m1/s1. The van der Waals surface area contributed by atoms with E-state index in [0.717, 1.165) is 0 Å². The summed E-state index contributed by atoms with van der Waals surface area (Å²) >= 11 is 0. The summed E-state index contributed by atoms with van der Waals surface area (Å²) in [5.74, 6) is -2.00. The van der Waals surface area contributed by atoms with Gasteiger partial charge in [0.15, 0.2) is 12.4 Å². The number of aromatic nitrogens is 1. The number of nitrogens with zero attached hydrogens (tertiary/aromatic N) is 1. The second-order valence-electron chi connectivity index (χ2n) is 12.9. The maximum Gasteiger partial charge on any atom is 0.345 e. The number of hydrogen-bond donors (Lipinski definition) is 0. The van der Waals surface area contributed by atoms with Crippen molar-refractivity contribution in [3.63, 3.8) is 0 Å². The van der Waals surface area contributed by atoms with Crippen LogP contribution < -0.4 is 15.1 Å². The number of hydrogen-bond acceptors (Lipinski definition) is 11. The van der Waals surface area contributed by atoms with E-state index >= 15 is 0 Å². The van der Waals surface area contributed by atoms with Gasteiger partial charge in [0.25, 0.3) is 0 Å². The molecule has 0 amide bonds. The van der Waals surface area contributed by atoms with Crippen LogP contribution in [0.2, 0.25) is 0 Å². The fourth-order valence-corrected chi connectivity index (χ4v) is 8.35. The van der Waals surface area contributed by atoms with Crippen molar-refractivity contribution in [1.82, 2.24) is 0 Å². The molecule has 0 saturated heterocycles. The van der Waals surface area contributed by atoms with Crippen LogP contribution in [0.3, 0.4) is 0 Å². The number of pyridine rings is 1. The van der Waals surface area contributed by atoms with Gasteiger partial charge >= 0.3 is 23.5 Å². The van der Waals surface area contributed by atoms with Crippen LogP contribution in [0.1, 0.15) is 72.5 Å². The Kier molecular flexibility index (Phi) is 8.02. The van der Waals surface area contributed by atoms with Gasteiger partial charge in [-0.05, 0) is 43.6 Å². The molecule has 0 spiro atoms. The van der Waals surface area contributed by atoms with Gasteiger partial charge in [0.05, 0.1) is 5.56 Å². The number of fused-ring (bicyclic) bond motifs is 4. The van der Waals surface area contributed by atoms with Gasteiger partial charge in [0.1, 0.15) is 47.6 Å². The Bertz CT molecular complexity index is 1540. The van der Waals surface area contributed by atoms with E-state index in [1.807, 2.05) is 13.8 Å². The molecular formula is C32H39NO11. The molecule has 2 fully saturated rings. The minimum Gasteiger partial charge on any atom is -0.619 e. The number of carbonyl (C=O) groups excluding carboxylic acids is 3. The van der Waals surface area contributed by atoms with E-state index in [4.69, 9.17) is 28.1 Å². The lowest BCUT2D eigenvalue weighted by molar-refractivity contribution is -0.604. The van der Waals surface area contributed by atoms with Gasteiger partial charge in [-0.2, -0.15) is 4.73 Å². The van der Waals surface area contributed by atoms with Crippen LogP contribution in [0, 0.1) is 27.9 Å². The van der Waals surface area contributed by atoms with Crippen LogP contribution >= 0.6 is 0 Å². The maximum atomic E-state index is 13.7. The number of esters is 3. The highest BCUT2D eigenvalue weighted by Crippen LogP contribution is 2.68. The second-order valence-corrected chi connectivity index (χ2v) is 12.9. The van der Waals surface area contributed by atoms with Gasteiger partial charge in [-0.25, -0.2) is 4.79 Å². The molecule has 0 radical (unpaired) electrons. The Balaban J connectivity index is 1.69. The molecule has 0 unspecified atom stereocenters. The lowest BCUT2D eigenvalue weighted by Gasteiger charge is -2.66. The zero-order valence-corrected chi connectivity index (χ0v) is 26.0. The highest BCUT2D eigenvalue weighted by molar-refractivity contribution is 5.67. The lowest BCUT2D eigenvalue weighted by Crippen LogP contribution is -2.71. The molecule has 0 aromatic carbocycles. The zero-order valence-electron chi connectivity index (χ0n) is 26.0. The van der Waals surface area contributed by atoms with E-state index in [2.05, 4.69) is 6.92 Å².